The normalized spacial score (nSPS) is 45.5. The molecular formula is C15H27NO11. The van der Waals surface area contributed by atoms with E-state index in [0.717, 1.165) is 0 Å². The van der Waals surface area contributed by atoms with Crippen LogP contribution in [0.2, 0.25) is 0 Å². The van der Waals surface area contributed by atoms with Crippen LogP contribution in [0.5, 0.6) is 0 Å². The molecule has 12 nitrogen and oxygen atoms in total. The van der Waals surface area contributed by atoms with Gasteiger partial charge in [0, 0.05) is 14.0 Å². The van der Waals surface area contributed by atoms with Crippen molar-refractivity contribution in [3.63, 3.8) is 0 Å². The smallest absolute Gasteiger partial charge is 0.217 e. The van der Waals surface area contributed by atoms with Gasteiger partial charge in [-0.3, -0.25) is 4.79 Å². The molecule has 2 aliphatic heterocycles. The summed E-state index contributed by atoms with van der Waals surface area (Å²) in [6, 6.07) is -1.05. The Morgan fingerprint density at radius 2 is 1.52 bits per heavy atom. The number of aliphatic hydroxyl groups is 6. The van der Waals surface area contributed by atoms with Gasteiger partial charge >= 0.3 is 0 Å². The molecule has 2 aliphatic rings. The van der Waals surface area contributed by atoms with E-state index in [4.69, 9.17) is 18.9 Å². The minimum Gasteiger partial charge on any atom is -0.394 e. The summed E-state index contributed by atoms with van der Waals surface area (Å²) in [6.45, 7) is -0.0188. The number of carbonyl (C=O) groups is 1. The highest BCUT2D eigenvalue weighted by Gasteiger charge is 2.51. The molecule has 0 aromatic carbocycles. The molecule has 0 aromatic rings. The van der Waals surface area contributed by atoms with Gasteiger partial charge in [-0.05, 0) is 0 Å². The van der Waals surface area contributed by atoms with E-state index in [2.05, 4.69) is 5.32 Å². The van der Waals surface area contributed by atoms with Crippen LogP contribution in [0.15, 0.2) is 0 Å². The van der Waals surface area contributed by atoms with Crippen molar-refractivity contribution >= 4 is 5.91 Å². The Kier molecular flexibility index (Phi) is 7.88. The molecule has 0 saturated carbocycles. The zero-order valence-electron chi connectivity index (χ0n) is 14.9. The number of hydrogen-bond donors (Lipinski definition) is 7. The fourth-order valence-corrected chi connectivity index (χ4v) is 3.16. The van der Waals surface area contributed by atoms with Crippen molar-refractivity contribution in [3.05, 3.63) is 0 Å². The molecule has 1 unspecified atom stereocenters. The number of amides is 1. The summed E-state index contributed by atoms with van der Waals surface area (Å²) >= 11 is 0. The van der Waals surface area contributed by atoms with Crippen LogP contribution in [0.4, 0.5) is 0 Å². The van der Waals surface area contributed by atoms with E-state index < -0.39 is 80.5 Å². The van der Waals surface area contributed by atoms with Crippen molar-refractivity contribution in [3.8, 4) is 0 Å². The highest BCUT2D eigenvalue weighted by Crippen LogP contribution is 2.29. The van der Waals surface area contributed by atoms with Crippen LogP contribution in [0.3, 0.4) is 0 Å². The topological polar surface area (TPSA) is 187 Å². The van der Waals surface area contributed by atoms with E-state index in [1.807, 2.05) is 0 Å². The first kappa shape index (κ1) is 22.4. The number of carbonyl (C=O) groups excluding carboxylic acids is 1. The second-order valence-corrected chi connectivity index (χ2v) is 6.48. The standard InChI is InChI=1S/C15H27NO11/c1-5(19)16-8-10(21)13(7(4-18)26-14(8)24-2)27-15-12(23)11(22)9(20)6(3-17)25-15/h6-15,17-18,20-23H,3-4H2,1-2H3,(H,16,19)/t6-,7-,8-,9+,10-,11+,12-,13-,14?,15+/m1/s1. The lowest BCUT2D eigenvalue weighted by Gasteiger charge is -2.46. The predicted octanol–water partition coefficient (Wildman–Crippen LogP) is -4.60. The summed E-state index contributed by atoms with van der Waals surface area (Å²) in [5, 5.41) is 61.6. The molecule has 1 amide bonds. The van der Waals surface area contributed by atoms with Crippen LogP contribution < -0.4 is 5.32 Å². The van der Waals surface area contributed by atoms with Crippen molar-refractivity contribution in [2.75, 3.05) is 20.3 Å². The fourth-order valence-electron chi connectivity index (χ4n) is 3.16. The molecule has 2 saturated heterocycles. The van der Waals surface area contributed by atoms with Gasteiger partial charge in [0.05, 0.1) is 13.2 Å². The third-order valence-corrected chi connectivity index (χ3v) is 4.59. The van der Waals surface area contributed by atoms with E-state index in [1.54, 1.807) is 0 Å². The molecule has 0 aromatic heterocycles. The Balaban J connectivity index is 2.19. The Hall–Kier alpha value is -0.930. The molecule has 2 rings (SSSR count). The van der Waals surface area contributed by atoms with E-state index in [0.29, 0.717) is 0 Å². The summed E-state index contributed by atoms with van der Waals surface area (Å²) in [4.78, 5) is 11.4. The maximum absolute atomic E-state index is 11.4. The molecule has 2 heterocycles. The Labute approximate surface area is 155 Å². The summed E-state index contributed by atoms with van der Waals surface area (Å²) in [7, 11) is 1.29. The molecule has 0 radical (unpaired) electrons. The van der Waals surface area contributed by atoms with Crippen LogP contribution in [-0.4, -0.2) is 118 Å². The Bertz CT molecular complexity index is 492. The van der Waals surface area contributed by atoms with Crippen LogP contribution in [0.1, 0.15) is 6.92 Å². The largest absolute Gasteiger partial charge is 0.394 e. The number of rotatable bonds is 6. The van der Waals surface area contributed by atoms with Gasteiger partial charge in [-0.15, -0.1) is 0 Å². The van der Waals surface area contributed by atoms with Crippen molar-refractivity contribution in [1.82, 2.24) is 5.32 Å². The van der Waals surface area contributed by atoms with Crippen LogP contribution in [-0.2, 0) is 23.7 Å². The summed E-state index contributed by atoms with van der Waals surface area (Å²) in [5.74, 6) is -0.473. The number of hydrogen-bond acceptors (Lipinski definition) is 11. The van der Waals surface area contributed by atoms with Gasteiger partial charge in [0.1, 0.15) is 48.8 Å². The summed E-state index contributed by atoms with van der Waals surface area (Å²) in [5.41, 5.74) is 0. The SMILES string of the molecule is COC1O[C@H](CO)[C@@H](O[C@@H]2O[C@H](CO)[C@H](O)[C@H](O)[C@H]2O)[C@H](O)[C@H]1NC(C)=O. The zero-order chi connectivity index (χ0) is 20.3. The second-order valence-electron chi connectivity index (χ2n) is 6.48. The molecule has 158 valence electrons. The van der Waals surface area contributed by atoms with Gasteiger partial charge in [-0.2, -0.15) is 0 Å². The third kappa shape index (κ3) is 4.74. The van der Waals surface area contributed by atoms with Crippen LogP contribution >= 0.6 is 0 Å². The van der Waals surface area contributed by atoms with Crippen molar-refractivity contribution in [2.24, 2.45) is 0 Å². The average Bonchev–Trinajstić information content (AvgIpc) is 2.64. The van der Waals surface area contributed by atoms with Crippen molar-refractivity contribution in [1.29, 1.82) is 0 Å². The minimum absolute atomic E-state index is 0.473. The summed E-state index contributed by atoms with van der Waals surface area (Å²) in [6.07, 6.45) is -12.6. The number of ether oxygens (including phenoxy) is 4. The van der Waals surface area contributed by atoms with Crippen LogP contribution in [0.25, 0.3) is 0 Å². The molecule has 0 aliphatic carbocycles. The lowest BCUT2D eigenvalue weighted by Crippen LogP contribution is -2.67. The predicted molar refractivity (Wildman–Crippen MR) is 85.0 cm³/mol. The first-order valence-corrected chi connectivity index (χ1v) is 8.45. The molecule has 10 atom stereocenters. The quantitative estimate of drug-likeness (QED) is 0.228. The molecule has 2 fully saturated rings. The first-order valence-electron chi connectivity index (χ1n) is 8.45. The number of aliphatic hydroxyl groups excluding tert-OH is 6. The van der Waals surface area contributed by atoms with E-state index in [-0.39, 0.29) is 0 Å². The van der Waals surface area contributed by atoms with E-state index in [1.165, 1.54) is 14.0 Å². The van der Waals surface area contributed by atoms with Crippen molar-refractivity contribution in [2.45, 2.75) is 68.3 Å². The van der Waals surface area contributed by atoms with Gasteiger partial charge < -0.3 is 54.9 Å². The maximum atomic E-state index is 11.4. The molecule has 0 spiro atoms. The van der Waals surface area contributed by atoms with Gasteiger partial charge in [0.25, 0.3) is 0 Å². The van der Waals surface area contributed by atoms with Gasteiger partial charge in [0.2, 0.25) is 5.91 Å². The summed E-state index contributed by atoms with van der Waals surface area (Å²) < 4.78 is 21.3. The fraction of sp³-hybridized carbons (Fsp3) is 0.933. The maximum Gasteiger partial charge on any atom is 0.217 e. The lowest BCUT2D eigenvalue weighted by atomic mass is 9.95. The molecule has 12 heteroatoms. The van der Waals surface area contributed by atoms with E-state index >= 15 is 0 Å². The zero-order valence-corrected chi connectivity index (χ0v) is 14.9. The van der Waals surface area contributed by atoms with Crippen molar-refractivity contribution < 1.29 is 54.4 Å². The monoisotopic (exact) mass is 397 g/mol. The second kappa shape index (κ2) is 9.52. The average molecular weight is 397 g/mol. The third-order valence-electron chi connectivity index (χ3n) is 4.59. The highest BCUT2D eigenvalue weighted by molar-refractivity contribution is 5.73. The van der Waals surface area contributed by atoms with E-state index in [9.17, 15) is 35.4 Å². The van der Waals surface area contributed by atoms with Gasteiger partial charge in [0.15, 0.2) is 12.6 Å². The lowest BCUT2D eigenvalue weighted by molar-refractivity contribution is -0.346. The van der Waals surface area contributed by atoms with Gasteiger partial charge in [-0.1, -0.05) is 0 Å². The Morgan fingerprint density at radius 1 is 0.926 bits per heavy atom. The highest BCUT2D eigenvalue weighted by atomic mass is 16.7. The Morgan fingerprint density at radius 3 is 2.04 bits per heavy atom. The minimum atomic E-state index is -1.70. The first-order chi connectivity index (χ1) is 12.7. The van der Waals surface area contributed by atoms with Crippen LogP contribution in [0, 0.1) is 0 Å². The molecule has 7 N–H and O–H groups in total. The number of methoxy groups -OCH3 is 1. The molecule has 0 bridgehead atoms. The molecule has 27 heavy (non-hydrogen) atoms. The number of nitrogens with one attached hydrogen (secondary N) is 1. The van der Waals surface area contributed by atoms with Gasteiger partial charge in [-0.25, -0.2) is 0 Å². The molecular weight excluding hydrogens is 370 g/mol.